The first-order valence-electron chi connectivity index (χ1n) is 4.16. The van der Waals surface area contributed by atoms with E-state index in [0.29, 0.717) is 0 Å². The zero-order valence-electron chi connectivity index (χ0n) is 7.04. The van der Waals surface area contributed by atoms with Gasteiger partial charge in [0.25, 0.3) is 0 Å². The number of aliphatic hydroxyl groups is 1. The van der Waals surface area contributed by atoms with Crippen LogP contribution in [0, 0.1) is 0 Å². The van der Waals surface area contributed by atoms with Crippen molar-refractivity contribution >= 4 is 23.1 Å². The monoisotopic (exact) mass is 200 g/mol. The number of aryl methyl sites for hydroxylation is 1. The first-order chi connectivity index (χ1) is 5.81. The second-order valence-corrected chi connectivity index (χ2v) is 5.30. The van der Waals surface area contributed by atoms with Crippen LogP contribution in [0.15, 0.2) is 10.3 Å². The van der Waals surface area contributed by atoms with Crippen molar-refractivity contribution < 1.29 is 5.11 Å². The van der Waals surface area contributed by atoms with Crippen LogP contribution in [0.3, 0.4) is 0 Å². The van der Waals surface area contributed by atoms with E-state index < -0.39 is 0 Å². The maximum Gasteiger partial charge on any atom is 0.0801 e. The van der Waals surface area contributed by atoms with Gasteiger partial charge in [0.05, 0.1) is 10.3 Å². The van der Waals surface area contributed by atoms with E-state index in [0.717, 1.165) is 19.3 Å². The molecule has 1 unspecified atom stereocenters. The molecule has 0 aliphatic heterocycles. The zero-order valence-corrected chi connectivity index (χ0v) is 8.67. The first kappa shape index (κ1) is 8.60. The van der Waals surface area contributed by atoms with Crippen LogP contribution in [0.25, 0.3) is 0 Å². The molecule has 66 valence electrons. The lowest BCUT2D eigenvalue weighted by molar-refractivity contribution is 0.157. The number of aliphatic hydroxyl groups excluding tert-OH is 1. The van der Waals surface area contributed by atoms with E-state index >= 15 is 0 Å². The van der Waals surface area contributed by atoms with E-state index in [2.05, 4.69) is 12.3 Å². The molecule has 0 spiro atoms. The Hall–Kier alpha value is 0.01000. The third-order valence-electron chi connectivity index (χ3n) is 2.26. The molecule has 1 aromatic rings. The summed E-state index contributed by atoms with van der Waals surface area (Å²) < 4.78 is 1.33. The van der Waals surface area contributed by atoms with Gasteiger partial charge in [-0.2, -0.15) is 0 Å². The van der Waals surface area contributed by atoms with Gasteiger partial charge in [-0.3, -0.25) is 0 Å². The largest absolute Gasteiger partial charge is 0.388 e. The topological polar surface area (TPSA) is 20.2 Å². The molecule has 1 N–H and O–H groups in total. The van der Waals surface area contributed by atoms with Crippen LogP contribution in [0.1, 0.15) is 29.4 Å². The second-order valence-electron chi connectivity index (χ2n) is 3.06. The number of thioether (sulfide) groups is 1. The van der Waals surface area contributed by atoms with Crippen molar-refractivity contribution in [2.24, 2.45) is 0 Å². The number of thiophene rings is 1. The number of hydrogen-bond acceptors (Lipinski definition) is 3. The third-order valence-corrected chi connectivity index (χ3v) is 4.54. The Kier molecular flexibility index (Phi) is 2.44. The summed E-state index contributed by atoms with van der Waals surface area (Å²) in [5, 5.41) is 9.67. The fourth-order valence-corrected chi connectivity index (χ4v) is 3.47. The summed E-state index contributed by atoms with van der Waals surface area (Å²) in [6.07, 6.45) is 5.15. The van der Waals surface area contributed by atoms with Gasteiger partial charge < -0.3 is 5.11 Å². The molecule has 0 radical (unpaired) electrons. The molecule has 0 saturated heterocycles. The summed E-state index contributed by atoms with van der Waals surface area (Å²) in [6.45, 7) is 0. The normalized spacial score (nSPS) is 22.3. The molecular weight excluding hydrogens is 188 g/mol. The van der Waals surface area contributed by atoms with E-state index in [-0.39, 0.29) is 6.10 Å². The maximum absolute atomic E-state index is 9.67. The molecule has 1 aliphatic carbocycles. The molecule has 1 atom stereocenters. The summed E-state index contributed by atoms with van der Waals surface area (Å²) in [5.74, 6) is 0. The smallest absolute Gasteiger partial charge is 0.0801 e. The van der Waals surface area contributed by atoms with Gasteiger partial charge in [0.1, 0.15) is 0 Å². The van der Waals surface area contributed by atoms with Crippen molar-refractivity contribution in [1.29, 1.82) is 0 Å². The molecule has 1 aromatic heterocycles. The lowest BCUT2D eigenvalue weighted by Crippen LogP contribution is -2.05. The average molecular weight is 200 g/mol. The Bertz CT molecular complexity index is 280. The molecule has 1 heterocycles. The minimum absolute atomic E-state index is 0.189. The van der Waals surface area contributed by atoms with Crippen molar-refractivity contribution in [3.63, 3.8) is 0 Å². The standard InChI is InChI=1S/C9H12OS2/c1-11-9-5-6-7(10)3-2-4-8(6)12-9/h5,7,10H,2-4H2,1H3. The van der Waals surface area contributed by atoms with Crippen LogP contribution in [0.4, 0.5) is 0 Å². The van der Waals surface area contributed by atoms with Crippen molar-refractivity contribution in [2.45, 2.75) is 29.6 Å². The Morgan fingerprint density at radius 1 is 1.67 bits per heavy atom. The zero-order chi connectivity index (χ0) is 8.55. The van der Waals surface area contributed by atoms with Crippen LogP contribution in [0.2, 0.25) is 0 Å². The molecule has 0 amide bonds. The maximum atomic E-state index is 9.67. The first-order valence-corrected chi connectivity index (χ1v) is 6.20. The van der Waals surface area contributed by atoms with Crippen molar-refractivity contribution in [2.75, 3.05) is 6.26 Å². The Morgan fingerprint density at radius 3 is 3.17 bits per heavy atom. The Labute approximate surface area is 80.8 Å². The number of fused-ring (bicyclic) bond motifs is 1. The van der Waals surface area contributed by atoms with Gasteiger partial charge in [0.15, 0.2) is 0 Å². The molecule has 0 aromatic carbocycles. The number of rotatable bonds is 1. The summed E-state index contributed by atoms with van der Waals surface area (Å²) in [5.41, 5.74) is 1.19. The minimum atomic E-state index is -0.189. The molecule has 2 rings (SSSR count). The SMILES string of the molecule is CSc1cc2c(s1)CCCC2O. The quantitative estimate of drug-likeness (QED) is 0.703. The van der Waals surface area contributed by atoms with Crippen molar-refractivity contribution in [3.8, 4) is 0 Å². The predicted molar refractivity (Wildman–Crippen MR) is 54.0 cm³/mol. The highest BCUT2D eigenvalue weighted by Crippen LogP contribution is 2.38. The highest BCUT2D eigenvalue weighted by molar-refractivity contribution is 8.00. The Morgan fingerprint density at radius 2 is 2.50 bits per heavy atom. The molecule has 0 fully saturated rings. The molecule has 3 heteroatoms. The summed E-state index contributed by atoms with van der Waals surface area (Å²) in [7, 11) is 0. The van der Waals surface area contributed by atoms with E-state index in [1.807, 2.05) is 11.3 Å². The van der Waals surface area contributed by atoms with Crippen LogP contribution in [-0.2, 0) is 6.42 Å². The fourth-order valence-electron chi connectivity index (χ4n) is 1.61. The summed E-state index contributed by atoms with van der Waals surface area (Å²) >= 11 is 3.61. The minimum Gasteiger partial charge on any atom is -0.388 e. The van der Waals surface area contributed by atoms with E-state index in [1.54, 1.807) is 11.8 Å². The molecular formula is C9H12OS2. The van der Waals surface area contributed by atoms with Crippen molar-refractivity contribution in [1.82, 2.24) is 0 Å². The second kappa shape index (κ2) is 3.40. The van der Waals surface area contributed by atoms with E-state index in [4.69, 9.17) is 0 Å². The van der Waals surface area contributed by atoms with Crippen LogP contribution in [0.5, 0.6) is 0 Å². The molecule has 1 nitrogen and oxygen atoms in total. The molecule has 0 bridgehead atoms. The molecule has 1 aliphatic rings. The number of hydrogen-bond donors (Lipinski definition) is 1. The van der Waals surface area contributed by atoms with Gasteiger partial charge in [-0.25, -0.2) is 0 Å². The predicted octanol–water partition coefficient (Wildman–Crippen LogP) is 2.84. The van der Waals surface area contributed by atoms with Crippen LogP contribution < -0.4 is 0 Å². The average Bonchev–Trinajstić information content (AvgIpc) is 2.49. The van der Waals surface area contributed by atoms with Gasteiger partial charge in [-0.05, 0) is 37.1 Å². The van der Waals surface area contributed by atoms with Gasteiger partial charge in [0.2, 0.25) is 0 Å². The van der Waals surface area contributed by atoms with Crippen molar-refractivity contribution in [3.05, 3.63) is 16.5 Å². The van der Waals surface area contributed by atoms with Gasteiger partial charge in [-0.15, -0.1) is 23.1 Å². The highest BCUT2D eigenvalue weighted by atomic mass is 32.2. The lowest BCUT2D eigenvalue weighted by atomic mass is 9.97. The van der Waals surface area contributed by atoms with E-state index in [9.17, 15) is 5.11 Å². The Balaban J connectivity index is 2.37. The highest BCUT2D eigenvalue weighted by Gasteiger charge is 2.20. The van der Waals surface area contributed by atoms with Crippen LogP contribution in [-0.4, -0.2) is 11.4 Å². The van der Waals surface area contributed by atoms with Crippen LogP contribution >= 0.6 is 23.1 Å². The van der Waals surface area contributed by atoms with E-state index in [1.165, 1.54) is 14.6 Å². The van der Waals surface area contributed by atoms with Gasteiger partial charge >= 0.3 is 0 Å². The summed E-state index contributed by atoms with van der Waals surface area (Å²) in [6, 6.07) is 2.15. The van der Waals surface area contributed by atoms with Gasteiger partial charge in [0, 0.05) is 4.88 Å². The molecule has 12 heavy (non-hydrogen) atoms. The van der Waals surface area contributed by atoms with Gasteiger partial charge in [-0.1, -0.05) is 0 Å². The summed E-state index contributed by atoms with van der Waals surface area (Å²) in [4.78, 5) is 1.40. The fraction of sp³-hybridized carbons (Fsp3) is 0.556. The third kappa shape index (κ3) is 1.41. The molecule has 0 saturated carbocycles. The lowest BCUT2D eigenvalue weighted by Gasteiger charge is -2.16.